The summed E-state index contributed by atoms with van der Waals surface area (Å²) in [5, 5.41) is 29.6. The van der Waals surface area contributed by atoms with Crippen molar-refractivity contribution in [2.75, 3.05) is 32.9 Å². The van der Waals surface area contributed by atoms with Gasteiger partial charge in [-0.05, 0) is 68.9 Å². The number of carbonyl (C=O) groups excluding carboxylic acids is 4. The molecule has 4 amide bonds. The first-order valence-corrected chi connectivity index (χ1v) is 23.9. The first-order valence-electron chi connectivity index (χ1n) is 21.8. The summed E-state index contributed by atoms with van der Waals surface area (Å²) >= 11 is 9.43. The third-order valence-corrected chi connectivity index (χ3v) is 14.2. The topological polar surface area (TPSA) is 202 Å². The summed E-state index contributed by atoms with van der Waals surface area (Å²) < 4.78 is 13.0. The molecule has 0 aliphatic carbocycles. The van der Waals surface area contributed by atoms with Gasteiger partial charge in [0.1, 0.15) is 35.6 Å². The number of ether oxygens (including phenoxy) is 2. The molecule has 66 heavy (non-hydrogen) atoms. The molecule has 5 aromatic rings. The highest BCUT2D eigenvalue weighted by molar-refractivity contribution is 7.15. The Hall–Kier alpha value is -5.53. The predicted octanol–water partition coefficient (Wildman–Crippen LogP) is 6.73. The van der Waals surface area contributed by atoms with Gasteiger partial charge >= 0.3 is 6.09 Å². The Balaban J connectivity index is 0.881. The molecule has 2 aliphatic rings. The van der Waals surface area contributed by atoms with E-state index in [1.54, 1.807) is 43.4 Å². The molecule has 2 aromatic carbocycles. The van der Waals surface area contributed by atoms with Crippen LogP contribution in [0.2, 0.25) is 5.02 Å². The number of nitrogens with zero attached hydrogens (tertiary/aromatic N) is 6. The number of carbonyl (C=O) groups is 4. The third-order valence-electron chi connectivity index (χ3n) is 11.8. The third kappa shape index (κ3) is 10.8. The van der Waals surface area contributed by atoms with E-state index in [9.17, 15) is 24.3 Å². The molecule has 1 unspecified atom stereocenters. The Labute approximate surface area is 397 Å². The SMILES string of the molecule is Cc1ncsc1-c1ccc([C@H](C)NC(=O)[C@@H]2C[C@@H](O)CN2C(=O)[C@@H](NC(=O)OCCOCCNC(=O)CC2N=C(c3ccc(Cl)cc3)c3c(sc(C)c3C)-n3c(C)nnc32)C(C)(C)C)cc1. The number of nitrogens with one attached hydrogen (secondary N) is 3. The van der Waals surface area contributed by atoms with E-state index < -0.39 is 47.6 Å². The molecule has 19 heteroatoms. The normalized spacial score (nSPS) is 17.8. The maximum Gasteiger partial charge on any atom is 0.407 e. The fraction of sp³-hybridized carbons (Fsp3) is 0.447. The molecule has 0 radical (unpaired) electrons. The van der Waals surface area contributed by atoms with Crippen LogP contribution in [0.5, 0.6) is 0 Å². The number of thiophene rings is 1. The van der Waals surface area contributed by atoms with Crippen LogP contribution >= 0.6 is 34.3 Å². The minimum atomic E-state index is -1.07. The predicted molar refractivity (Wildman–Crippen MR) is 254 cm³/mol. The van der Waals surface area contributed by atoms with E-state index in [0.717, 1.165) is 54.0 Å². The van der Waals surface area contributed by atoms with Crippen molar-refractivity contribution < 1.29 is 33.8 Å². The number of amides is 4. The lowest BCUT2D eigenvalue weighted by Crippen LogP contribution is -2.58. The average molecular weight is 959 g/mol. The lowest BCUT2D eigenvalue weighted by Gasteiger charge is -2.35. The Bertz CT molecular complexity index is 2600. The maximum atomic E-state index is 14.1. The number of likely N-dealkylation sites (tertiary alicyclic amines) is 1. The van der Waals surface area contributed by atoms with Gasteiger partial charge in [-0.2, -0.15) is 0 Å². The molecule has 3 aromatic heterocycles. The summed E-state index contributed by atoms with van der Waals surface area (Å²) in [6.07, 6.45) is -1.67. The molecular weight excluding hydrogens is 902 g/mol. The lowest BCUT2D eigenvalue weighted by molar-refractivity contribution is -0.142. The van der Waals surface area contributed by atoms with Crippen LogP contribution < -0.4 is 16.0 Å². The molecule has 350 valence electrons. The fourth-order valence-electron chi connectivity index (χ4n) is 8.11. The molecule has 5 atom stereocenters. The van der Waals surface area contributed by atoms with Gasteiger partial charge in [0.15, 0.2) is 5.82 Å². The van der Waals surface area contributed by atoms with E-state index in [4.69, 9.17) is 26.1 Å². The second-order valence-corrected chi connectivity index (χ2v) is 20.2. The van der Waals surface area contributed by atoms with Crippen molar-refractivity contribution in [2.45, 2.75) is 98.5 Å². The summed E-state index contributed by atoms with van der Waals surface area (Å²) in [5.74, 6) is 0.107. The Morgan fingerprint density at radius 1 is 0.955 bits per heavy atom. The number of hydrogen-bond donors (Lipinski definition) is 4. The van der Waals surface area contributed by atoms with Gasteiger partial charge in [0.05, 0.1) is 53.6 Å². The highest BCUT2D eigenvalue weighted by Gasteiger charge is 2.45. The van der Waals surface area contributed by atoms with Gasteiger partial charge in [-0.15, -0.1) is 32.9 Å². The van der Waals surface area contributed by atoms with E-state index in [1.807, 2.05) is 79.4 Å². The number of rotatable bonds is 15. The lowest BCUT2D eigenvalue weighted by atomic mass is 9.85. The number of aromatic nitrogens is 4. The zero-order chi connectivity index (χ0) is 47.4. The van der Waals surface area contributed by atoms with Crippen molar-refractivity contribution in [2.24, 2.45) is 10.4 Å². The molecule has 7 rings (SSSR count). The molecule has 2 aliphatic heterocycles. The maximum absolute atomic E-state index is 14.1. The number of benzene rings is 2. The van der Waals surface area contributed by atoms with Crippen LogP contribution in [-0.2, 0) is 23.9 Å². The summed E-state index contributed by atoms with van der Waals surface area (Å²) in [6.45, 7) is 15.4. The van der Waals surface area contributed by atoms with Crippen LogP contribution in [-0.4, -0.2) is 110 Å². The summed E-state index contributed by atoms with van der Waals surface area (Å²) in [6, 6.07) is 12.4. The van der Waals surface area contributed by atoms with Crippen molar-refractivity contribution in [1.82, 2.24) is 40.6 Å². The number of aryl methyl sites for hydroxylation is 3. The average Bonchev–Trinajstić information content (AvgIpc) is 4.04. The molecule has 5 heterocycles. The summed E-state index contributed by atoms with van der Waals surface area (Å²) in [7, 11) is 0. The Morgan fingerprint density at radius 2 is 1.67 bits per heavy atom. The zero-order valence-corrected chi connectivity index (χ0v) is 40.7. The van der Waals surface area contributed by atoms with Crippen LogP contribution in [0.15, 0.2) is 59.0 Å². The fourth-order valence-corrected chi connectivity index (χ4v) is 10.3. The van der Waals surface area contributed by atoms with Crippen LogP contribution in [0.4, 0.5) is 4.79 Å². The number of thiazole rings is 1. The number of aliphatic hydroxyl groups is 1. The number of aliphatic hydroxyl groups excluding tert-OH is 1. The Morgan fingerprint density at radius 3 is 2.35 bits per heavy atom. The van der Waals surface area contributed by atoms with Gasteiger partial charge in [0.25, 0.3) is 0 Å². The largest absolute Gasteiger partial charge is 0.447 e. The van der Waals surface area contributed by atoms with E-state index >= 15 is 0 Å². The number of halogens is 1. The van der Waals surface area contributed by atoms with Crippen LogP contribution in [0.3, 0.4) is 0 Å². The van der Waals surface area contributed by atoms with Gasteiger partial charge in [0.2, 0.25) is 17.7 Å². The molecule has 4 N–H and O–H groups in total. The Kier molecular flexibility index (Phi) is 15.1. The first kappa shape index (κ1) is 48.4. The van der Waals surface area contributed by atoms with E-state index in [-0.39, 0.29) is 57.7 Å². The van der Waals surface area contributed by atoms with Crippen LogP contribution in [0, 0.1) is 33.1 Å². The highest BCUT2D eigenvalue weighted by atomic mass is 35.5. The molecule has 0 bridgehead atoms. The van der Waals surface area contributed by atoms with Gasteiger partial charge in [-0.3, -0.25) is 23.9 Å². The highest BCUT2D eigenvalue weighted by Crippen LogP contribution is 2.40. The summed E-state index contributed by atoms with van der Waals surface area (Å²) in [5.41, 5.74) is 7.60. The van der Waals surface area contributed by atoms with Crippen molar-refractivity contribution in [3.8, 4) is 15.4 Å². The van der Waals surface area contributed by atoms with Crippen molar-refractivity contribution >= 4 is 63.8 Å². The first-order chi connectivity index (χ1) is 31.4. The van der Waals surface area contributed by atoms with E-state index in [1.165, 1.54) is 4.90 Å². The number of β-amino-alcohol motifs (C(OH)–C–C–N with tert-alkyl or cyclic N) is 1. The van der Waals surface area contributed by atoms with Gasteiger partial charge in [-0.1, -0.05) is 68.8 Å². The molecule has 1 fully saturated rings. The monoisotopic (exact) mass is 957 g/mol. The molecular formula is C47H56ClN9O7S2. The number of alkyl carbamates (subject to hydrolysis) is 1. The minimum absolute atomic E-state index is 0.0171. The van der Waals surface area contributed by atoms with E-state index in [2.05, 4.69) is 45.0 Å². The van der Waals surface area contributed by atoms with Crippen LogP contribution in [0.25, 0.3) is 15.4 Å². The second kappa shape index (κ2) is 20.5. The molecule has 16 nitrogen and oxygen atoms in total. The van der Waals surface area contributed by atoms with Crippen molar-refractivity contribution in [3.05, 3.63) is 104 Å². The molecule has 0 saturated carbocycles. The molecule has 1 saturated heterocycles. The molecule has 0 spiro atoms. The number of fused-ring (bicyclic) bond motifs is 3. The van der Waals surface area contributed by atoms with Crippen molar-refractivity contribution in [3.63, 3.8) is 0 Å². The van der Waals surface area contributed by atoms with E-state index in [0.29, 0.717) is 16.7 Å². The van der Waals surface area contributed by atoms with Gasteiger partial charge in [0, 0.05) is 40.5 Å². The summed E-state index contributed by atoms with van der Waals surface area (Å²) in [4.78, 5) is 67.1. The van der Waals surface area contributed by atoms with Crippen molar-refractivity contribution in [1.29, 1.82) is 0 Å². The minimum Gasteiger partial charge on any atom is -0.447 e. The smallest absolute Gasteiger partial charge is 0.407 e. The van der Waals surface area contributed by atoms with Gasteiger partial charge in [-0.25, -0.2) is 9.78 Å². The number of aliphatic imine (C=N–C) groups is 1. The second-order valence-electron chi connectivity index (χ2n) is 17.7. The zero-order valence-electron chi connectivity index (χ0n) is 38.3. The quantitative estimate of drug-likeness (QED) is 0.0815. The standard InChI is InChI=1S/C47H56ClN9O7S2/c1-25-28(4)66-45-38(25)39(31-13-15-33(48)16-14-31)52-35(42-55-54-29(5)57(42)45)22-37(59)49-17-18-63-19-20-64-46(62)53-41(47(6,7)8)44(61)56-23-34(58)21-36(56)43(60)51-26(2)30-9-11-32(12-10-30)40-27(3)50-24-65-40/h9-16,24,26,34-36,41,58H,17-23H2,1-8H3,(H,49,59)(H,51,60)(H,53,62)/t26-,34+,35?,36-,41+/m0/s1. The van der Waals surface area contributed by atoms with Gasteiger partial charge < -0.3 is 35.4 Å². The van der Waals surface area contributed by atoms with Crippen LogP contribution in [0.1, 0.15) is 97.1 Å². The number of hydrogen-bond acceptors (Lipinski definition) is 13.